The Morgan fingerprint density at radius 2 is 1.97 bits per heavy atom. The lowest BCUT2D eigenvalue weighted by atomic mass is 9.87. The van der Waals surface area contributed by atoms with Gasteiger partial charge in [-0.1, -0.05) is 55.8 Å². The van der Waals surface area contributed by atoms with E-state index >= 15 is 0 Å². The summed E-state index contributed by atoms with van der Waals surface area (Å²) in [7, 11) is 1.99. The Kier molecular flexibility index (Phi) is 5.25. The molecule has 7 heteroatoms. The second-order valence-electron chi connectivity index (χ2n) is 8.33. The van der Waals surface area contributed by atoms with Crippen LogP contribution in [0, 0.1) is 0 Å². The van der Waals surface area contributed by atoms with Crippen molar-refractivity contribution in [3.05, 3.63) is 70.6 Å². The Morgan fingerprint density at radius 1 is 1.19 bits per heavy atom. The molecule has 1 aliphatic heterocycles. The number of aromatic amines is 1. The van der Waals surface area contributed by atoms with Crippen LogP contribution in [0.5, 0.6) is 0 Å². The largest absolute Gasteiger partial charge is 0.346 e. The number of rotatable bonds is 4. The van der Waals surface area contributed by atoms with Crippen LogP contribution in [0.1, 0.15) is 54.3 Å². The van der Waals surface area contributed by atoms with Gasteiger partial charge in [-0.3, -0.25) is 9.48 Å². The topological polar surface area (TPSA) is 66.8 Å². The van der Waals surface area contributed by atoms with Crippen molar-refractivity contribution in [3.8, 4) is 11.3 Å². The maximum atomic E-state index is 13.9. The van der Waals surface area contributed by atoms with Gasteiger partial charge < -0.3 is 9.88 Å². The van der Waals surface area contributed by atoms with Crippen molar-refractivity contribution < 1.29 is 4.79 Å². The van der Waals surface area contributed by atoms with Gasteiger partial charge in [0.1, 0.15) is 5.65 Å². The molecule has 4 aromatic rings. The molecule has 2 unspecified atom stereocenters. The molecule has 5 rings (SSSR count). The summed E-state index contributed by atoms with van der Waals surface area (Å²) in [5.74, 6) is -0.0816. The van der Waals surface area contributed by atoms with Crippen molar-refractivity contribution in [2.24, 2.45) is 7.05 Å². The molecule has 32 heavy (non-hydrogen) atoms. The van der Waals surface area contributed by atoms with Crippen LogP contribution in [0.3, 0.4) is 0 Å². The summed E-state index contributed by atoms with van der Waals surface area (Å²) >= 11 is 6.66. The predicted molar refractivity (Wildman–Crippen MR) is 127 cm³/mol. The number of hydrogen-bond acceptors (Lipinski definition) is 3. The van der Waals surface area contributed by atoms with E-state index in [-0.39, 0.29) is 18.0 Å². The number of carbonyl (C=O) groups is 1. The summed E-state index contributed by atoms with van der Waals surface area (Å²) in [5, 5.41) is 6.12. The van der Waals surface area contributed by atoms with Crippen LogP contribution in [-0.4, -0.2) is 36.6 Å². The third-order valence-electron chi connectivity index (χ3n) is 6.55. The van der Waals surface area contributed by atoms with Crippen molar-refractivity contribution in [1.29, 1.82) is 0 Å². The van der Waals surface area contributed by atoms with Crippen LogP contribution >= 0.6 is 11.6 Å². The number of amides is 1. The van der Waals surface area contributed by atoms with Gasteiger partial charge in [0.15, 0.2) is 0 Å². The molecule has 1 amide bonds. The number of pyridine rings is 1. The van der Waals surface area contributed by atoms with E-state index in [1.165, 1.54) is 5.56 Å². The zero-order valence-electron chi connectivity index (χ0n) is 18.5. The number of hydrogen-bond donors (Lipinski definition) is 1. The summed E-state index contributed by atoms with van der Waals surface area (Å²) in [5.41, 5.74) is 5.64. The Balaban J connectivity index is 1.62. The molecule has 0 saturated heterocycles. The number of nitrogens with zero attached hydrogens (tertiary/aromatic N) is 4. The second-order valence-corrected chi connectivity index (χ2v) is 8.71. The first-order chi connectivity index (χ1) is 15.5. The minimum atomic E-state index is -0.113. The lowest BCUT2D eigenvalue weighted by Crippen LogP contribution is -2.47. The van der Waals surface area contributed by atoms with Crippen LogP contribution in [0.4, 0.5) is 0 Å². The molecule has 1 aliphatic rings. The highest BCUT2D eigenvalue weighted by Gasteiger charge is 2.40. The zero-order valence-corrected chi connectivity index (χ0v) is 19.2. The monoisotopic (exact) mass is 447 g/mol. The SMILES string of the molecule is CCC1Cc2c(nn(C)c2-c2ccccc2)C(CC)N1C(=O)c1cnc2[nH]ccc2c1Cl. The summed E-state index contributed by atoms with van der Waals surface area (Å²) in [6.07, 6.45) is 5.77. The average Bonchev–Trinajstić information content (AvgIpc) is 3.42. The highest BCUT2D eigenvalue weighted by molar-refractivity contribution is 6.38. The Morgan fingerprint density at radius 3 is 2.69 bits per heavy atom. The van der Waals surface area contributed by atoms with Crippen molar-refractivity contribution in [2.75, 3.05) is 0 Å². The number of fused-ring (bicyclic) bond motifs is 2. The maximum Gasteiger partial charge on any atom is 0.257 e. The van der Waals surface area contributed by atoms with Crippen molar-refractivity contribution in [1.82, 2.24) is 24.6 Å². The number of aromatic nitrogens is 4. The third-order valence-corrected chi connectivity index (χ3v) is 6.96. The first-order valence-electron chi connectivity index (χ1n) is 11.1. The smallest absolute Gasteiger partial charge is 0.257 e. The fourth-order valence-electron chi connectivity index (χ4n) is 5.04. The van der Waals surface area contributed by atoms with Gasteiger partial charge in [0, 0.05) is 42.0 Å². The van der Waals surface area contributed by atoms with Crippen LogP contribution in [0.25, 0.3) is 22.3 Å². The third kappa shape index (κ3) is 3.13. The fraction of sp³-hybridized carbons (Fsp3) is 0.320. The van der Waals surface area contributed by atoms with Crippen LogP contribution in [0.15, 0.2) is 48.8 Å². The normalized spacial score (nSPS) is 18.2. The standard InChI is InChI=1S/C25H26ClN5O/c1-4-16-13-18-22(29-30(3)23(18)15-9-7-6-8-10-15)20(5-2)31(16)25(32)19-14-28-24-17(21(19)26)11-12-27-24/h6-12,14,16,20H,4-5,13H2,1-3H3,(H,27,28). The molecule has 164 valence electrons. The van der Waals surface area contributed by atoms with E-state index < -0.39 is 0 Å². The highest BCUT2D eigenvalue weighted by Crippen LogP contribution is 2.41. The lowest BCUT2D eigenvalue weighted by Gasteiger charge is -2.41. The van der Waals surface area contributed by atoms with E-state index in [1.54, 1.807) is 12.4 Å². The molecule has 3 aromatic heterocycles. The van der Waals surface area contributed by atoms with Crippen molar-refractivity contribution >= 4 is 28.5 Å². The molecule has 1 aromatic carbocycles. The summed E-state index contributed by atoms with van der Waals surface area (Å²) in [6, 6.07) is 12.2. The molecular weight excluding hydrogens is 422 g/mol. The van der Waals surface area contributed by atoms with Gasteiger partial charge in [-0.15, -0.1) is 0 Å². The second kappa shape index (κ2) is 8.10. The fourth-order valence-corrected chi connectivity index (χ4v) is 5.32. The minimum Gasteiger partial charge on any atom is -0.346 e. The quantitative estimate of drug-likeness (QED) is 0.446. The minimum absolute atomic E-state index is 0.0598. The number of H-pyrrole nitrogens is 1. The first kappa shape index (κ1) is 20.8. The molecule has 1 N–H and O–H groups in total. The molecule has 0 spiro atoms. The maximum absolute atomic E-state index is 13.9. The van der Waals surface area contributed by atoms with Gasteiger partial charge in [0.2, 0.25) is 0 Å². The van der Waals surface area contributed by atoms with E-state index in [2.05, 4.69) is 35.9 Å². The lowest BCUT2D eigenvalue weighted by molar-refractivity contribution is 0.0513. The van der Waals surface area contributed by atoms with Gasteiger partial charge >= 0.3 is 0 Å². The van der Waals surface area contributed by atoms with E-state index in [1.807, 2.05) is 40.9 Å². The van der Waals surface area contributed by atoms with Crippen LogP contribution in [0.2, 0.25) is 5.02 Å². The Hall–Kier alpha value is -3.12. The van der Waals surface area contributed by atoms with Crippen LogP contribution in [-0.2, 0) is 13.5 Å². The summed E-state index contributed by atoms with van der Waals surface area (Å²) < 4.78 is 1.96. The molecule has 0 fully saturated rings. The van der Waals surface area contributed by atoms with Gasteiger partial charge in [-0.25, -0.2) is 4.98 Å². The van der Waals surface area contributed by atoms with Gasteiger partial charge in [0.05, 0.1) is 28.0 Å². The predicted octanol–water partition coefficient (Wildman–Crippen LogP) is 5.55. The Bertz CT molecular complexity index is 1290. The average molecular weight is 448 g/mol. The molecule has 4 heterocycles. The first-order valence-corrected chi connectivity index (χ1v) is 11.5. The molecule has 0 aliphatic carbocycles. The molecule has 0 saturated carbocycles. The molecule has 0 bridgehead atoms. The Labute approximate surface area is 192 Å². The number of carbonyl (C=O) groups excluding carboxylic acids is 1. The molecule has 6 nitrogen and oxygen atoms in total. The molecule has 0 radical (unpaired) electrons. The zero-order chi connectivity index (χ0) is 22.4. The molecule has 2 atom stereocenters. The van der Waals surface area contributed by atoms with Crippen molar-refractivity contribution in [3.63, 3.8) is 0 Å². The van der Waals surface area contributed by atoms with E-state index in [0.717, 1.165) is 41.6 Å². The van der Waals surface area contributed by atoms with Gasteiger partial charge in [-0.2, -0.15) is 5.10 Å². The van der Waals surface area contributed by atoms with E-state index in [0.29, 0.717) is 16.2 Å². The van der Waals surface area contributed by atoms with Gasteiger partial charge in [-0.05, 0) is 25.3 Å². The van der Waals surface area contributed by atoms with Gasteiger partial charge in [0.25, 0.3) is 5.91 Å². The summed E-state index contributed by atoms with van der Waals surface area (Å²) in [6.45, 7) is 4.25. The number of benzene rings is 1. The molecular formula is C25H26ClN5O. The number of aryl methyl sites for hydroxylation is 1. The number of nitrogens with one attached hydrogen (secondary N) is 1. The van der Waals surface area contributed by atoms with Crippen LogP contribution < -0.4 is 0 Å². The summed E-state index contributed by atoms with van der Waals surface area (Å²) in [4.78, 5) is 23.3. The van der Waals surface area contributed by atoms with E-state index in [4.69, 9.17) is 16.7 Å². The van der Waals surface area contributed by atoms with Crippen molar-refractivity contribution in [2.45, 2.75) is 45.2 Å². The number of halogens is 1. The highest BCUT2D eigenvalue weighted by atomic mass is 35.5. The van der Waals surface area contributed by atoms with E-state index in [9.17, 15) is 4.79 Å².